The maximum atomic E-state index is 13.1. The van der Waals surface area contributed by atoms with Crippen LogP contribution in [0.3, 0.4) is 0 Å². The average molecular weight is 344 g/mol. The van der Waals surface area contributed by atoms with Gasteiger partial charge in [0.05, 0.1) is 0 Å². The first kappa shape index (κ1) is 16.5. The van der Waals surface area contributed by atoms with Crippen LogP contribution in [-0.4, -0.2) is 21.1 Å². The van der Waals surface area contributed by atoms with Crippen molar-refractivity contribution < 1.29 is 9.59 Å². The van der Waals surface area contributed by atoms with Gasteiger partial charge in [0.2, 0.25) is 11.6 Å². The minimum atomic E-state index is -0.153. The summed E-state index contributed by atoms with van der Waals surface area (Å²) < 4.78 is 1.96. The molecule has 1 aliphatic carbocycles. The van der Waals surface area contributed by atoms with Gasteiger partial charge >= 0.3 is 0 Å². The summed E-state index contributed by atoms with van der Waals surface area (Å²) in [6.07, 6.45) is 2.55. The highest BCUT2D eigenvalue weighted by molar-refractivity contribution is 6.27. The lowest BCUT2D eigenvalue weighted by Crippen LogP contribution is -2.23. The van der Waals surface area contributed by atoms with Gasteiger partial charge in [-0.3, -0.25) is 9.59 Å². The minimum Gasteiger partial charge on any atom is -0.324 e. The highest BCUT2D eigenvalue weighted by atomic mass is 16.1. The van der Waals surface area contributed by atoms with E-state index in [1.165, 1.54) is 0 Å². The van der Waals surface area contributed by atoms with Gasteiger partial charge in [-0.15, -0.1) is 0 Å². The highest BCUT2D eigenvalue weighted by Crippen LogP contribution is 2.29. The fourth-order valence-electron chi connectivity index (χ4n) is 3.49. The molecule has 0 saturated carbocycles. The largest absolute Gasteiger partial charge is 0.324 e. The molecule has 4 heteroatoms. The van der Waals surface area contributed by atoms with Gasteiger partial charge in [0.1, 0.15) is 17.2 Å². The van der Waals surface area contributed by atoms with Crippen LogP contribution >= 0.6 is 0 Å². The van der Waals surface area contributed by atoms with E-state index in [1.807, 2.05) is 34.9 Å². The van der Waals surface area contributed by atoms with E-state index in [1.54, 1.807) is 24.3 Å². The molecule has 1 heterocycles. The van der Waals surface area contributed by atoms with Crippen molar-refractivity contribution in [1.82, 2.24) is 9.55 Å². The second-order valence-electron chi connectivity index (χ2n) is 6.60. The summed E-state index contributed by atoms with van der Waals surface area (Å²) in [7, 11) is 0. The molecule has 0 saturated heterocycles. The first-order valence-corrected chi connectivity index (χ1v) is 9.02. The first-order valence-electron chi connectivity index (χ1n) is 9.02. The fraction of sp³-hybridized carbons (Fsp3) is 0.227. The quantitative estimate of drug-likeness (QED) is 0.549. The predicted octanol–water partition coefficient (Wildman–Crippen LogP) is 4.05. The van der Waals surface area contributed by atoms with Crippen LogP contribution in [-0.2, 0) is 13.0 Å². The van der Waals surface area contributed by atoms with Gasteiger partial charge in [-0.1, -0.05) is 67.9 Å². The number of carbonyl (C=O) groups is 2. The Hall–Kier alpha value is -3.01. The molecule has 1 aromatic heterocycles. The summed E-state index contributed by atoms with van der Waals surface area (Å²) in [4.78, 5) is 30.6. The van der Waals surface area contributed by atoms with E-state index in [4.69, 9.17) is 0 Å². The second kappa shape index (κ2) is 6.71. The molecule has 0 aliphatic heterocycles. The number of fused-ring (bicyclic) bond motifs is 2. The van der Waals surface area contributed by atoms with E-state index >= 15 is 0 Å². The normalized spacial score (nSPS) is 12.8. The van der Waals surface area contributed by atoms with Crippen molar-refractivity contribution in [3.63, 3.8) is 0 Å². The van der Waals surface area contributed by atoms with E-state index in [0.717, 1.165) is 24.2 Å². The molecule has 0 spiro atoms. The summed E-state index contributed by atoms with van der Waals surface area (Å²) in [6, 6.07) is 17.0. The van der Waals surface area contributed by atoms with Crippen molar-refractivity contribution in [2.75, 3.05) is 0 Å². The molecule has 0 radical (unpaired) electrons. The number of hydrogen-bond donors (Lipinski definition) is 0. The number of hydrogen-bond acceptors (Lipinski definition) is 3. The summed E-state index contributed by atoms with van der Waals surface area (Å²) in [6.45, 7) is 2.81. The number of nitrogens with zero attached hydrogens (tertiary/aromatic N) is 2. The Morgan fingerprint density at radius 1 is 0.885 bits per heavy atom. The summed E-state index contributed by atoms with van der Waals surface area (Å²) in [5, 5.41) is 0. The van der Waals surface area contributed by atoms with Crippen molar-refractivity contribution in [1.29, 1.82) is 0 Å². The smallest absolute Gasteiger partial charge is 0.214 e. The maximum Gasteiger partial charge on any atom is 0.214 e. The molecule has 0 unspecified atom stereocenters. The van der Waals surface area contributed by atoms with Crippen LogP contribution in [0.4, 0.5) is 0 Å². The van der Waals surface area contributed by atoms with Crippen molar-refractivity contribution in [3.8, 4) is 0 Å². The number of rotatable bonds is 5. The standard InChI is InChI=1S/C22H20N2O2/c1-2-3-13-24-18(14-15-9-5-4-6-10-15)23-19-20(24)22(26)17-12-8-7-11-16(17)21(19)25/h4-12H,2-3,13-14H2,1H3. The molecule has 2 aromatic carbocycles. The molecule has 4 rings (SSSR count). The lowest BCUT2D eigenvalue weighted by molar-refractivity contribution is 0.0971. The molecule has 0 bridgehead atoms. The fourth-order valence-corrected chi connectivity index (χ4v) is 3.49. The molecule has 1 aliphatic rings. The van der Waals surface area contributed by atoms with Crippen LogP contribution in [0.25, 0.3) is 0 Å². The molecule has 0 atom stereocenters. The van der Waals surface area contributed by atoms with Crippen molar-refractivity contribution in [2.45, 2.75) is 32.7 Å². The molecule has 26 heavy (non-hydrogen) atoms. The molecule has 130 valence electrons. The van der Waals surface area contributed by atoms with Crippen LogP contribution in [0.15, 0.2) is 54.6 Å². The third kappa shape index (κ3) is 2.68. The molecule has 4 nitrogen and oxygen atoms in total. The van der Waals surface area contributed by atoms with Gasteiger partial charge in [0, 0.05) is 24.1 Å². The third-order valence-electron chi connectivity index (χ3n) is 4.83. The Bertz CT molecular complexity index is 987. The third-order valence-corrected chi connectivity index (χ3v) is 4.83. The van der Waals surface area contributed by atoms with Crippen LogP contribution in [0.2, 0.25) is 0 Å². The lowest BCUT2D eigenvalue weighted by Gasteiger charge is -2.16. The molecule has 0 amide bonds. The molecule has 3 aromatic rings. The van der Waals surface area contributed by atoms with Crippen molar-refractivity contribution >= 4 is 11.6 Å². The van der Waals surface area contributed by atoms with E-state index in [0.29, 0.717) is 35.5 Å². The zero-order valence-corrected chi connectivity index (χ0v) is 14.7. The SMILES string of the molecule is CCCCn1c(Cc2ccccc2)nc2c1C(=O)c1ccccc1C2=O. The molecule has 0 fully saturated rings. The van der Waals surface area contributed by atoms with Gasteiger partial charge in [-0.05, 0) is 12.0 Å². The average Bonchev–Trinajstić information content (AvgIpc) is 3.04. The Morgan fingerprint density at radius 2 is 1.54 bits per heavy atom. The summed E-state index contributed by atoms with van der Waals surface area (Å²) >= 11 is 0. The second-order valence-corrected chi connectivity index (χ2v) is 6.60. The minimum absolute atomic E-state index is 0.0990. The molecular weight excluding hydrogens is 324 g/mol. The van der Waals surface area contributed by atoms with E-state index < -0.39 is 0 Å². The summed E-state index contributed by atoms with van der Waals surface area (Å²) in [5.41, 5.74) is 2.80. The molecular formula is C22H20N2O2. The Morgan fingerprint density at radius 3 is 2.23 bits per heavy atom. The maximum absolute atomic E-state index is 13.1. The van der Waals surface area contributed by atoms with Gasteiger partial charge in [-0.25, -0.2) is 4.98 Å². The van der Waals surface area contributed by atoms with E-state index in [9.17, 15) is 9.59 Å². The van der Waals surface area contributed by atoms with Gasteiger partial charge < -0.3 is 4.57 Å². The number of benzene rings is 2. The zero-order valence-electron chi connectivity index (χ0n) is 14.7. The Kier molecular flexibility index (Phi) is 4.25. The van der Waals surface area contributed by atoms with Gasteiger partial charge in [0.25, 0.3) is 0 Å². The Labute approximate surface area is 152 Å². The van der Waals surface area contributed by atoms with Crippen molar-refractivity contribution in [2.24, 2.45) is 0 Å². The first-order chi connectivity index (χ1) is 12.7. The highest BCUT2D eigenvalue weighted by Gasteiger charge is 2.35. The predicted molar refractivity (Wildman–Crippen MR) is 99.7 cm³/mol. The Balaban J connectivity index is 1.84. The monoisotopic (exact) mass is 344 g/mol. The number of carbonyl (C=O) groups excluding carboxylic acids is 2. The molecule has 0 N–H and O–H groups in total. The number of ketones is 2. The number of unbranched alkanes of at least 4 members (excludes halogenated alkanes) is 1. The van der Waals surface area contributed by atoms with Gasteiger partial charge in [0.15, 0.2) is 0 Å². The summed E-state index contributed by atoms with van der Waals surface area (Å²) in [5.74, 6) is 0.530. The zero-order chi connectivity index (χ0) is 18.1. The van der Waals surface area contributed by atoms with Crippen LogP contribution in [0.5, 0.6) is 0 Å². The number of imidazole rings is 1. The van der Waals surface area contributed by atoms with Crippen LogP contribution in [0.1, 0.15) is 63.3 Å². The number of aromatic nitrogens is 2. The van der Waals surface area contributed by atoms with Crippen LogP contribution in [0, 0.1) is 0 Å². The van der Waals surface area contributed by atoms with E-state index in [2.05, 4.69) is 11.9 Å². The van der Waals surface area contributed by atoms with Crippen LogP contribution < -0.4 is 0 Å². The van der Waals surface area contributed by atoms with E-state index in [-0.39, 0.29) is 11.6 Å². The topological polar surface area (TPSA) is 52.0 Å². The lowest BCUT2D eigenvalue weighted by atomic mass is 9.90. The van der Waals surface area contributed by atoms with Crippen molar-refractivity contribution in [3.05, 3.63) is 88.5 Å². The van der Waals surface area contributed by atoms with Gasteiger partial charge in [-0.2, -0.15) is 0 Å².